The maximum atomic E-state index is 5.79. The van der Waals surface area contributed by atoms with Crippen molar-refractivity contribution in [3.63, 3.8) is 0 Å². The summed E-state index contributed by atoms with van der Waals surface area (Å²) in [4.78, 5) is 0. The lowest BCUT2D eigenvalue weighted by Crippen LogP contribution is -2.14. The van der Waals surface area contributed by atoms with Gasteiger partial charge in [0.2, 0.25) is 0 Å². The number of benzene rings is 1. The minimum absolute atomic E-state index is 0. The van der Waals surface area contributed by atoms with Crippen LogP contribution in [-0.2, 0) is 16.8 Å². The quantitative estimate of drug-likeness (QED) is 0.913. The van der Waals surface area contributed by atoms with Crippen molar-refractivity contribution in [1.29, 1.82) is 0 Å². The fraction of sp³-hybridized carbons (Fsp3) is 0.625. The Morgan fingerprint density at radius 2 is 1.89 bits per heavy atom. The third kappa shape index (κ3) is 5.13. The topological polar surface area (TPSA) is 21.3 Å². The number of rotatable bonds is 4. The van der Waals surface area contributed by atoms with Gasteiger partial charge in [-0.15, -0.1) is 12.4 Å². The number of ether oxygens (including phenoxy) is 1. The maximum Gasteiger partial charge on any atom is 0.0717 e. The van der Waals surface area contributed by atoms with E-state index in [0.29, 0.717) is 5.92 Å². The predicted molar refractivity (Wildman–Crippen MR) is 83.0 cm³/mol. The Labute approximate surface area is 123 Å². The molecule has 1 atom stereocenters. The average Bonchev–Trinajstić information content (AvgIpc) is 2.82. The van der Waals surface area contributed by atoms with Gasteiger partial charge in [-0.3, -0.25) is 0 Å². The molecule has 1 aromatic rings. The van der Waals surface area contributed by atoms with Crippen LogP contribution >= 0.6 is 12.4 Å². The van der Waals surface area contributed by atoms with Crippen LogP contribution in [0.25, 0.3) is 0 Å². The van der Waals surface area contributed by atoms with Crippen molar-refractivity contribution in [1.82, 2.24) is 5.32 Å². The summed E-state index contributed by atoms with van der Waals surface area (Å²) in [5, 5.41) is 3.37. The van der Waals surface area contributed by atoms with E-state index in [1.807, 2.05) is 0 Å². The fourth-order valence-electron chi connectivity index (χ4n) is 2.30. The minimum Gasteiger partial charge on any atom is -0.376 e. The molecule has 0 bridgehead atoms. The molecule has 1 unspecified atom stereocenters. The van der Waals surface area contributed by atoms with Crippen LogP contribution in [0.3, 0.4) is 0 Å². The van der Waals surface area contributed by atoms with Crippen LogP contribution < -0.4 is 5.32 Å². The average molecular weight is 284 g/mol. The van der Waals surface area contributed by atoms with Gasteiger partial charge in [0, 0.05) is 6.54 Å². The molecule has 1 aromatic carbocycles. The highest BCUT2D eigenvalue weighted by Gasteiger charge is 2.15. The van der Waals surface area contributed by atoms with E-state index in [1.165, 1.54) is 17.5 Å². The summed E-state index contributed by atoms with van der Waals surface area (Å²) < 4.78 is 5.79. The van der Waals surface area contributed by atoms with Crippen LogP contribution in [0, 0.1) is 5.92 Å². The van der Waals surface area contributed by atoms with Crippen molar-refractivity contribution in [3.8, 4) is 0 Å². The number of halogens is 1. The zero-order valence-electron chi connectivity index (χ0n) is 12.2. The standard InChI is InChI=1S/C16H25NO.ClH/c1-16(2,3)15-6-4-13(5-7-15)11-18-12-14-8-9-17-10-14;/h4-7,14,17H,8-12H2,1-3H3;1H. The summed E-state index contributed by atoms with van der Waals surface area (Å²) in [5.41, 5.74) is 2.88. The molecule has 108 valence electrons. The predicted octanol–water partition coefficient (Wildman–Crippen LogP) is 3.53. The lowest BCUT2D eigenvalue weighted by atomic mass is 9.87. The van der Waals surface area contributed by atoms with Crippen LogP contribution in [-0.4, -0.2) is 19.7 Å². The molecule has 0 aliphatic carbocycles. The molecule has 1 N–H and O–H groups in total. The first-order valence-corrected chi connectivity index (χ1v) is 6.93. The monoisotopic (exact) mass is 283 g/mol. The molecule has 0 aromatic heterocycles. The van der Waals surface area contributed by atoms with Crippen LogP contribution in [0.15, 0.2) is 24.3 Å². The molecule has 1 aliphatic heterocycles. The highest BCUT2D eigenvalue weighted by Crippen LogP contribution is 2.22. The minimum atomic E-state index is 0. The van der Waals surface area contributed by atoms with Crippen molar-refractivity contribution >= 4 is 12.4 Å². The van der Waals surface area contributed by atoms with Crippen LogP contribution in [0.1, 0.15) is 38.3 Å². The largest absolute Gasteiger partial charge is 0.376 e. The third-order valence-corrected chi connectivity index (χ3v) is 3.60. The molecule has 19 heavy (non-hydrogen) atoms. The molecule has 2 nitrogen and oxygen atoms in total. The highest BCUT2D eigenvalue weighted by atomic mass is 35.5. The number of hydrogen-bond acceptors (Lipinski definition) is 2. The second kappa shape index (κ2) is 7.28. The first-order chi connectivity index (χ1) is 8.55. The van der Waals surface area contributed by atoms with Crippen molar-refractivity contribution in [2.24, 2.45) is 5.92 Å². The summed E-state index contributed by atoms with van der Waals surface area (Å²) in [5.74, 6) is 0.707. The van der Waals surface area contributed by atoms with E-state index in [0.717, 1.165) is 26.3 Å². The van der Waals surface area contributed by atoms with Crippen molar-refractivity contribution in [2.45, 2.75) is 39.2 Å². The molecule has 0 spiro atoms. The summed E-state index contributed by atoms with van der Waals surface area (Å²) in [6.07, 6.45) is 1.25. The van der Waals surface area contributed by atoms with E-state index in [9.17, 15) is 0 Å². The zero-order valence-corrected chi connectivity index (χ0v) is 13.1. The van der Waals surface area contributed by atoms with E-state index in [2.05, 4.69) is 50.4 Å². The molecular weight excluding hydrogens is 258 g/mol. The Morgan fingerprint density at radius 1 is 1.21 bits per heavy atom. The molecule has 0 radical (unpaired) electrons. The van der Waals surface area contributed by atoms with Gasteiger partial charge in [0.1, 0.15) is 0 Å². The molecule has 3 heteroatoms. The Balaban J connectivity index is 0.00000180. The van der Waals surface area contributed by atoms with Gasteiger partial charge in [0.05, 0.1) is 13.2 Å². The molecular formula is C16H26ClNO. The molecule has 1 fully saturated rings. The summed E-state index contributed by atoms with van der Waals surface area (Å²) in [6.45, 7) is 10.6. The Bertz CT molecular complexity index is 363. The van der Waals surface area contributed by atoms with E-state index < -0.39 is 0 Å². The molecule has 1 aliphatic rings. The van der Waals surface area contributed by atoms with Gasteiger partial charge >= 0.3 is 0 Å². The van der Waals surface area contributed by atoms with Crippen LogP contribution in [0.4, 0.5) is 0 Å². The molecule has 0 saturated carbocycles. The lowest BCUT2D eigenvalue weighted by molar-refractivity contribution is 0.0924. The van der Waals surface area contributed by atoms with Gasteiger partial charge in [0.15, 0.2) is 0 Å². The number of nitrogens with one attached hydrogen (secondary N) is 1. The Kier molecular flexibility index (Phi) is 6.31. The maximum absolute atomic E-state index is 5.79. The zero-order chi connectivity index (χ0) is 13.0. The fourth-order valence-corrected chi connectivity index (χ4v) is 2.30. The van der Waals surface area contributed by atoms with Crippen LogP contribution in [0.2, 0.25) is 0 Å². The van der Waals surface area contributed by atoms with E-state index in [1.54, 1.807) is 0 Å². The summed E-state index contributed by atoms with van der Waals surface area (Å²) in [6, 6.07) is 8.81. The highest BCUT2D eigenvalue weighted by molar-refractivity contribution is 5.85. The van der Waals surface area contributed by atoms with Gasteiger partial charge in [-0.2, -0.15) is 0 Å². The smallest absolute Gasteiger partial charge is 0.0717 e. The van der Waals surface area contributed by atoms with Gasteiger partial charge in [-0.05, 0) is 35.4 Å². The summed E-state index contributed by atoms with van der Waals surface area (Å²) in [7, 11) is 0. The lowest BCUT2D eigenvalue weighted by Gasteiger charge is -2.19. The van der Waals surface area contributed by atoms with Crippen molar-refractivity contribution in [3.05, 3.63) is 35.4 Å². The Hall–Kier alpha value is -0.570. The molecule has 0 amide bonds. The summed E-state index contributed by atoms with van der Waals surface area (Å²) >= 11 is 0. The van der Waals surface area contributed by atoms with Gasteiger partial charge in [-0.1, -0.05) is 45.0 Å². The van der Waals surface area contributed by atoms with Gasteiger partial charge < -0.3 is 10.1 Å². The first kappa shape index (κ1) is 16.5. The Morgan fingerprint density at radius 3 is 2.42 bits per heavy atom. The van der Waals surface area contributed by atoms with Gasteiger partial charge in [-0.25, -0.2) is 0 Å². The second-order valence-electron chi connectivity index (χ2n) is 6.32. The van der Waals surface area contributed by atoms with Gasteiger partial charge in [0.25, 0.3) is 0 Å². The second-order valence-corrected chi connectivity index (χ2v) is 6.32. The van der Waals surface area contributed by atoms with Crippen LogP contribution in [0.5, 0.6) is 0 Å². The first-order valence-electron chi connectivity index (χ1n) is 6.93. The van der Waals surface area contributed by atoms with E-state index >= 15 is 0 Å². The molecule has 1 heterocycles. The van der Waals surface area contributed by atoms with E-state index in [-0.39, 0.29) is 17.8 Å². The third-order valence-electron chi connectivity index (χ3n) is 3.60. The molecule has 1 saturated heterocycles. The normalized spacial score (nSPS) is 19.2. The molecule has 2 rings (SSSR count). The number of hydrogen-bond donors (Lipinski definition) is 1. The SMILES string of the molecule is CC(C)(C)c1ccc(COCC2CCNC2)cc1.Cl. The van der Waals surface area contributed by atoms with Crippen molar-refractivity contribution in [2.75, 3.05) is 19.7 Å². The van der Waals surface area contributed by atoms with E-state index in [4.69, 9.17) is 4.74 Å². The van der Waals surface area contributed by atoms with Crippen molar-refractivity contribution < 1.29 is 4.74 Å².